The molecule has 1 aliphatic heterocycles. The molecule has 0 amide bonds. The van der Waals surface area contributed by atoms with Gasteiger partial charge in [-0.2, -0.15) is 13.2 Å². The molecule has 0 unspecified atom stereocenters. The average Bonchev–Trinajstić information content (AvgIpc) is 2.81. The summed E-state index contributed by atoms with van der Waals surface area (Å²) < 4.78 is 45.8. The summed E-state index contributed by atoms with van der Waals surface area (Å²) in [4.78, 5) is 19.7. The lowest BCUT2D eigenvalue weighted by Gasteiger charge is -2.53. The second-order valence-corrected chi connectivity index (χ2v) is 11.0. The molecule has 0 spiro atoms. The number of esters is 1. The number of piperazine rings is 1. The topological polar surface area (TPSA) is 65.9 Å². The van der Waals surface area contributed by atoms with E-state index in [1.165, 1.54) is 19.2 Å². The Labute approximate surface area is 211 Å². The molecule has 2 aliphatic carbocycles. The van der Waals surface area contributed by atoms with Crippen LogP contribution in [0.3, 0.4) is 0 Å². The van der Waals surface area contributed by atoms with Crippen LogP contribution in [-0.4, -0.2) is 65.4 Å². The van der Waals surface area contributed by atoms with E-state index in [0.717, 1.165) is 31.0 Å². The number of aliphatic hydroxyl groups is 1. The highest BCUT2D eigenvalue weighted by Crippen LogP contribution is 2.51. The summed E-state index contributed by atoms with van der Waals surface area (Å²) in [5.41, 5.74) is -0.604. The van der Waals surface area contributed by atoms with Crippen LogP contribution in [0.4, 0.5) is 19.0 Å². The van der Waals surface area contributed by atoms with Gasteiger partial charge in [0.25, 0.3) is 0 Å². The van der Waals surface area contributed by atoms with Crippen LogP contribution in [0.5, 0.6) is 0 Å². The van der Waals surface area contributed by atoms with E-state index in [-0.39, 0.29) is 35.6 Å². The zero-order valence-corrected chi connectivity index (χ0v) is 21.6. The second kappa shape index (κ2) is 10.3. The van der Waals surface area contributed by atoms with Crippen LogP contribution < -0.4 is 4.90 Å². The van der Waals surface area contributed by atoms with Gasteiger partial charge in [0.05, 0.1) is 11.2 Å². The number of carbonyl (C=O) groups is 1. The Morgan fingerprint density at radius 3 is 2.61 bits per heavy atom. The largest absolute Gasteiger partial charge is 0.458 e. The third-order valence-electron chi connectivity index (χ3n) is 8.64. The van der Waals surface area contributed by atoms with Gasteiger partial charge >= 0.3 is 12.1 Å². The van der Waals surface area contributed by atoms with Crippen molar-refractivity contribution in [2.24, 2.45) is 23.7 Å². The second-order valence-electron chi connectivity index (χ2n) is 11.0. The average molecular weight is 510 g/mol. The van der Waals surface area contributed by atoms with E-state index in [1.54, 1.807) is 4.90 Å². The molecule has 6 nitrogen and oxygen atoms in total. The summed E-state index contributed by atoms with van der Waals surface area (Å²) in [6, 6.07) is 2.42. The predicted molar refractivity (Wildman–Crippen MR) is 131 cm³/mol. The molecular formula is C27H38F3N3O3. The molecule has 6 atom stereocenters. The van der Waals surface area contributed by atoms with Crippen LogP contribution in [0, 0.1) is 23.7 Å². The third-order valence-corrected chi connectivity index (χ3v) is 8.64. The molecule has 4 rings (SSSR count). The summed E-state index contributed by atoms with van der Waals surface area (Å²) in [7, 11) is 0. The van der Waals surface area contributed by atoms with Crippen molar-refractivity contribution in [2.75, 3.05) is 37.6 Å². The van der Waals surface area contributed by atoms with E-state index in [4.69, 9.17) is 4.74 Å². The number of halogens is 3. The van der Waals surface area contributed by atoms with Gasteiger partial charge in [-0.1, -0.05) is 19.9 Å². The van der Waals surface area contributed by atoms with Crippen LogP contribution in [-0.2, 0) is 15.7 Å². The van der Waals surface area contributed by atoms with Gasteiger partial charge in [0.15, 0.2) is 0 Å². The van der Waals surface area contributed by atoms with Crippen molar-refractivity contribution in [1.29, 1.82) is 0 Å². The quantitative estimate of drug-likeness (QED) is 0.465. The number of pyridine rings is 1. The van der Waals surface area contributed by atoms with Crippen molar-refractivity contribution in [3.05, 3.63) is 35.5 Å². The Kier molecular flexibility index (Phi) is 7.72. The lowest BCUT2D eigenvalue weighted by atomic mass is 9.57. The fraction of sp³-hybridized carbons (Fsp3) is 0.704. The van der Waals surface area contributed by atoms with Crippen molar-refractivity contribution >= 4 is 11.8 Å². The zero-order chi connectivity index (χ0) is 26.3. The number of nitrogens with zero attached hydrogens (tertiary/aromatic N) is 3. The van der Waals surface area contributed by atoms with Crippen molar-refractivity contribution in [2.45, 2.75) is 64.8 Å². The Balaban J connectivity index is 1.42. The van der Waals surface area contributed by atoms with E-state index in [0.29, 0.717) is 38.5 Å². The minimum atomic E-state index is -4.43. The first-order valence-electron chi connectivity index (χ1n) is 13.0. The minimum Gasteiger partial charge on any atom is -0.458 e. The normalized spacial score (nSPS) is 32.4. The first-order chi connectivity index (χ1) is 16.9. The van der Waals surface area contributed by atoms with E-state index in [1.807, 2.05) is 6.92 Å². The summed E-state index contributed by atoms with van der Waals surface area (Å²) in [5, 5.41) is 11.8. The number of alkyl halides is 3. The molecule has 3 aliphatic rings. The highest BCUT2D eigenvalue weighted by Gasteiger charge is 2.52. The van der Waals surface area contributed by atoms with E-state index < -0.39 is 17.3 Å². The van der Waals surface area contributed by atoms with Gasteiger partial charge in [0, 0.05) is 58.2 Å². The molecule has 1 N–H and O–H groups in total. The fourth-order valence-corrected chi connectivity index (χ4v) is 6.55. The summed E-state index contributed by atoms with van der Waals surface area (Å²) in [6.07, 6.45) is 1.08. The molecular weight excluding hydrogens is 471 g/mol. The molecule has 1 saturated carbocycles. The van der Waals surface area contributed by atoms with Crippen LogP contribution in [0.15, 0.2) is 30.0 Å². The van der Waals surface area contributed by atoms with E-state index in [9.17, 15) is 23.1 Å². The molecule has 200 valence electrons. The summed E-state index contributed by atoms with van der Waals surface area (Å²) in [5.74, 6) is 0.357. The van der Waals surface area contributed by atoms with Gasteiger partial charge in [-0.15, -0.1) is 0 Å². The van der Waals surface area contributed by atoms with Crippen molar-refractivity contribution < 1.29 is 27.8 Å². The predicted octanol–water partition coefficient (Wildman–Crippen LogP) is 4.53. The maximum absolute atomic E-state index is 13.4. The number of ether oxygens (including phenoxy) is 1. The molecule has 2 heterocycles. The number of aromatic nitrogens is 1. The summed E-state index contributed by atoms with van der Waals surface area (Å²) in [6.45, 7) is 10.8. The van der Waals surface area contributed by atoms with Gasteiger partial charge < -0.3 is 14.7 Å². The number of hydrogen-bond donors (Lipinski definition) is 1. The molecule has 0 radical (unpaired) electrons. The Bertz CT molecular complexity index is 977. The highest BCUT2D eigenvalue weighted by atomic mass is 19.4. The molecule has 1 aromatic rings. The zero-order valence-electron chi connectivity index (χ0n) is 21.6. The monoisotopic (exact) mass is 509 g/mol. The van der Waals surface area contributed by atoms with Crippen LogP contribution in [0.1, 0.15) is 52.5 Å². The van der Waals surface area contributed by atoms with Gasteiger partial charge in [-0.3, -0.25) is 9.69 Å². The SMILES string of the molecule is CC(=O)O[C@@H]1C[C@@]2(O)[C@H](C)CC[C@@H]([C@H](C)CN3CCN(c4ncccc4C(F)(F)F)CC3)[C@H]2C=C1C. The molecule has 0 bridgehead atoms. The van der Waals surface area contributed by atoms with Gasteiger partial charge in [0.1, 0.15) is 11.9 Å². The fourth-order valence-electron chi connectivity index (χ4n) is 6.55. The maximum Gasteiger partial charge on any atom is 0.419 e. The van der Waals surface area contributed by atoms with Gasteiger partial charge in [0.2, 0.25) is 0 Å². The Hall–Kier alpha value is -2.13. The first-order valence-corrected chi connectivity index (χ1v) is 13.0. The van der Waals surface area contributed by atoms with Crippen LogP contribution >= 0.6 is 0 Å². The lowest BCUT2D eigenvalue weighted by Crippen LogP contribution is -2.56. The number of rotatable bonds is 5. The molecule has 36 heavy (non-hydrogen) atoms. The Morgan fingerprint density at radius 2 is 1.97 bits per heavy atom. The minimum absolute atomic E-state index is 0.00721. The maximum atomic E-state index is 13.4. The number of anilines is 1. The first kappa shape index (κ1) is 26.9. The highest BCUT2D eigenvalue weighted by molar-refractivity contribution is 5.66. The number of hydrogen-bond acceptors (Lipinski definition) is 6. The number of carbonyl (C=O) groups excluding carboxylic acids is 1. The van der Waals surface area contributed by atoms with Crippen molar-refractivity contribution in [3.63, 3.8) is 0 Å². The molecule has 0 aromatic carbocycles. The van der Waals surface area contributed by atoms with Crippen molar-refractivity contribution in [1.82, 2.24) is 9.88 Å². The number of fused-ring (bicyclic) bond motifs is 1. The van der Waals surface area contributed by atoms with Crippen LogP contribution in [0.2, 0.25) is 0 Å². The summed E-state index contributed by atoms with van der Waals surface area (Å²) >= 11 is 0. The van der Waals surface area contributed by atoms with E-state index in [2.05, 4.69) is 29.8 Å². The van der Waals surface area contributed by atoms with Gasteiger partial charge in [-0.25, -0.2) is 4.98 Å². The molecule has 2 fully saturated rings. The molecule has 1 aromatic heterocycles. The smallest absolute Gasteiger partial charge is 0.419 e. The van der Waals surface area contributed by atoms with Crippen molar-refractivity contribution in [3.8, 4) is 0 Å². The van der Waals surface area contributed by atoms with E-state index >= 15 is 0 Å². The van der Waals surface area contributed by atoms with Crippen LogP contribution in [0.25, 0.3) is 0 Å². The van der Waals surface area contributed by atoms with Gasteiger partial charge in [-0.05, 0) is 55.2 Å². The molecule has 1 saturated heterocycles. The molecule has 9 heteroatoms. The Morgan fingerprint density at radius 1 is 1.28 bits per heavy atom. The lowest BCUT2D eigenvalue weighted by molar-refractivity contribution is -0.159. The standard InChI is InChI=1S/C27H38F3N3O3/c1-17-14-23-21(8-7-19(3)26(23,35)15-24(17)36-20(4)34)18(2)16-32-10-12-33(13-11-32)25-22(27(28,29)30)6-5-9-31-25/h5-6,9,14,18-19,21,23-24,35H,7-8,10-13,15-16H2,1-4H3/t18-,19-,21+,23-,24-,26-/m1/s1. The third kappa shape index (κ3) is 5.42.